The number of hydrogen-bond donors (Lipinski definition) is 1. The minimum Gasteiger partial charge on any atom is -0.324 e. The highest BCUT2D eigenvalue weighted by Gasteiger charge is 2.35. The highest BCUT2D eigenvalue weighted by molar-refractivity contribution is 7.98. The Balaban J connectivity index is 1.63. The molecule has 1 amide bonds. The predicted octanol–water partition coefficient (Wildman–Crippen LogP) is 3.86. The van der Waals surface area contributed by atoms with Crippen molar-refractivity contribution in [2.24, 2.45) is 5.92 Å². The zero-order valence-electron chi connectivity index (χ0n) is 16.0. The average molecular weight is 460 g/mol. The Morgan fingerprint density at radius 1 is 1.20 bits per heavy atom. The minimum atomic E-state index is -4.63. The van der Waals surface area contributed by atoms with E-state index in [1.54, 1.807) is 18.3 Å². The maximum Gasteiger partial charge on any atom is 0.416 e. The Labute approximate surface area is 176 Å². The van der Waals surface area contributed by atoms with Gasteiger partial charge in [0.2, 0.25) is 15.9 Å². The van der Waals surface area contributed by atoms with Gasteiger partial charge in [-0.1, -0.05) is 6.07 Å². The molecular weight excluding hydrogens is 439 g/mol. The first-order chi connectivity index (χ1) is 14.1. The number of anilines is 1. The number of halogens is 3. The molecule has 162 valence electrons. The van der Waals surface area contributed by atoms with Crippen molar-refractivity contribution in [2.45, 2.75) is 28.9 Å². The van der Waals surface area contributed by atoms with E-state index < -0.39 is 32.6 Å². The zero-order valence-corrected chi connectivity index (χ0v) is 17.6. The SMILES string of the molecule is CSc1ccc(NC(=O)C2CCN(S(=O)(=O)c3cccc(C(F)(F)F)c3)CC2)cn1. The van der Waals surface area contributed by atoms with Crippen molar-refractivity contribution in [3.63, 3.8) is 0 Å². The second-order valence-electron chi connectivity index (χ2n) is 6.78. The van der Waals surface area contributed by atoms with E-state index in [4.69, 9.17) is 0 Å². The number of carbonyl (C=O) groups excluding carboxylic acids is 1. The van der Waals surface area contributed by atoms with Crippen molar-refractivity contribution < 1.29 is 26.4 Å². The molecule has 1 aliphatic heterocycles. The Hall–Kier alpha value is -2.11. The van der Waals surface area contributed by atoms with Gasteiger partial charge in [0.05, 0.1) is 27.4 Å². The number of amides is 1. The molecule has 0 saturated carbocycles. The van der Waals surface area contributed by atoms with E-state index >= 15 is 0 Å². The number of benzene rings is 1. The minimum absolute atomic E-state index is 0.0559. The third-order valence-electron chi connectivity index (χ3n) is 4.84. The van der Waals surface area contributed by atoms with Gasteiger partial charge in [-0.15, -0.1) is 11.8 Å². The van der Waals surface area contributed by atoms with Crippen molar-refractivity contribution in [2.75, 3.05) is 24.7 Å². The molecule has 6 nitrogen and oxygen atoms in total. The van der Waals surface area contributed by atoms with Crippen LogP contribution in [-0.4, -0.2) is 43.0 Å². The van der Waals surface area contributed by atoms with E-state index in [9.17, 15) is 26.4 Å². The summed E-state index contributed by atoms with van der Waals surface area (Å²) in [6.07, 6.45) is -0.626. The molecule has 0 radical (unpaired) electrons. The Morgan fingerprint density at radius 3 is 2.47 bits per heavy atom. The lowest BCUT2D eigenvalue weighted by Crippen LogP contribution is -2.41. The van der Waals surface area contributed by atoms with Crippen LogP contribution in [0.25, 0.3) is 0 Å². The van der Waals surface area contributed by atoms with Gasteiger partial charge in [-0.25, -0.2) is 13.4 Å². The third-order valence-corrected chi connectivity index (χ3v) is 7.39. The topological polar surface area (TPSA) is 79.4 Å². The van der Waals surface area contributed by atoms with Gasteiger partial charge in [-0.2, -0.15) is 17.5 Å². The molecule has 3 rings (SSSR count). The first-order valence-electron chi connectivity index (χ1n) is 9.09. The summed E-state index contributed by atoms with van der Waals surface area (Å²) in [7, 11) is -4.07. The van der Waals surface area contributed by atoms with Crippen molar-refractivity contribution in [1.29, 1.82) is 0 Å². The van der Waals surface area contributed by atoms with Crippen LogP contribution in [0.1, 0.15) is 18.4 Å². The van der Waals surface area contributed by atoms with Crippen LogP contribution in [0.2, 0.25) is 0 Å². The fourth-order valence-electron chi connectivity index (χ4n) is 3.16. The van der Waals surface area contributed by atoms with E-state index in [2.05, 4.69) is 10.3 Å². The van der Waals surface area contributed by atoms with Crippen LogP contribution in [0.15, 0.2) is 52.5 Å². The molecule has 11 heteroatoms. The molecule has 0 atom stereocenters. The van der Waals surface area contributed by atoms with Gasteiger partial charge in [0.1, 0.15) is 0 Å². The molecule has 2 heterocycles. The van der Waals surface area contributed by atoms with Crippen LogP contribution in [0.3, 0.4) is 0 Å². The number of aromatic nitrogens is 1. The number of alkyl halides is 3. The van der Waals surface area contributed by atoms with E-state index in [0.29, 0.717) is 11.8 Å². The summed E-state index contributed by atoms with van der Waals surface area (Å²) in [5.74, 6) is -0.622. The van der Waals surface area contributed by atoms with Crippen LogP contribution >= 0.6 is 11.8 Å². The first-order valence-corrected chi connectivity index (χ1v) is 11.8. The molecule has 1 aliphatic rings. The van der Waals surface area contributed by atoms with Gasteiger partial charge in [0.25, 0.3) is 0 Å². The summed E-state index contributed by atoms with van der Waals surface area (Å²) in [5.41, 5.74) is -0.462. The van der Waals surface area contributed by atoms with E-state index in [1.807, 2.05) is 6.26 Å². The molecule has 0 unspecified atom stereocenters. The molecule has 0 spiro atoms. The third kappa shape index (κ3) is 5.13. The number of carbonyl (C=O) groups is 1. The Morgan fingerprint density at radius 2 is 1.90 bits per heavy atom. The molecule has 0 aliphatic carbocycles. The van der Waals surface area contributed by atoms with Gasteiger partial charge < -0.3 is 5.32 Å². The van der Waals surface area contributed by atoms with Crippen LogP contribution in [0, 0.1) is 5.92 Å². The average Bonchev–Trinajstić information content (AvgIpc) is 2.74. The molecule has 2 aromatic rings. The summed E-state index contributed by atoms with van der Waals surface area (Å²) in [5, 5.41) is 3.59. The van der Waals surface area contributed by atoms with Crippen LogP contribution in [-0.2, 0) is 21.0 Å². The molecule has 1 fully saturated rings. The maximum absolute atomic E-state index is 12.9. The second kappa shape index (κ2) is 8.94. The van der Waals surface area contributed by atoms with Gasteiger partial charge in [0, 0.05) is 19.0 Å². The molecule has 1 saturated heterocycles. The summed E-state index contributed by atoms with van der Waals surface area (Å²) in [6.45, 7) is 0.112. The second-order valence-corrected chi connectivity index (χ2v) is 9.55. The smallest absolute Gasteiger partial charge is 0.324 e. The highest BCUT2D eigenvalue weighted by atomic mass is 32.2. The van der Waals surface area contributed by atoms with Crippen molar-refractivity contribution in [3.8, 4) is 0 Å². The number of thioether (sulfide) groups is 1. The van der Waals surface area contributed by atoms with E-state index in [0.717, 1.165) is 27.5 Å². The number of rotatable bonds is 5. The molecular formula is C19H20F3N3O3S2. The summed E-state index contributed by atoms with van der Waals surface area (Å²) in [4.78, 5) is 16.2. The monoisotopic (exact) mass is 459 g/mol. The van der Waals surface area contributed by atoms with Gasteiger partial charge in [0.15, 0.2) is 0 Å². The van der Waals surface area contributed by atoms with Crippen LogP contribution in [0.5, 0.6) is 0 Å². The largest absolute Gasteiger partial charge is 0.416 e. The van der Waals surface area contributed by atoms with Crippen molar-refractivity contribution >= 4 is 33.4 Å². The first kappa shape index (κ1) is 22.6. The number of piperidine rings is 1. The lowest BCUT2D eigenvalue weighted by molar-refractivity contribution is -0.137. The fourth-order valence-corrected chi connectivity index (χ4v) is 5.04. The van der Waals surface area contributed by atoms with Gasteiger partial charge in [-0.05, 0) is 49.4 Å². The number of nitrogens with one attached hydrogen (secondary N) is 1. The molecule has 0 bridgehead atoms. The maximum atomic E-state index is 12.9. The summed E-state index contributed by atoms with van der Waals surface area (Å²) in [6, 6.07) is 7.21. The standard InChI is InChI=1S/C19H20F3N3O3S2/c1-29-17-6-5-15(12-23-17)24-18(26)13-7-9-25(10-8-13)30(27,28)16-4-2-3-14(11-16)19(20,21)22/h2-6,11-13H,7-10H2,1H3,(H,24,26). The molecule has 1 aromatic heterocycles. The molecule has 1 N–H and O–H groups in total. The van der Waals surface area contributed by atoms with Crippen LogP contribution in [0.4, 0.5) is 18.9 Å². The van der Waals surface area contributed by atoms with Crippen molar-refractivity contribution in [3.05, 3.63) is 48.2 Å². The summed E-state index contributed by atoms with van der Waals surface area (Å²) >= 11 is 1.48. The Bertz CT molecular complexity index is 1000. The quantitative estimate of drug-likeness (QED) is 0.687. The Kier molecular flexibility index (Phi) is 6.73. The van der Waals surface area contributed by atoms with E-state index in [1.165, 1.54) is 11.8 Å². The number of sulfonamides is 1. The highest BCUT2D eigenvalue weighted by Crippen LogP contribution is 2.32. The fraction of sp³-hybridized carbons (Fsp3) is 0.368. The summed E-state index contributed by atoms with van der Waals surface area (Å²) < 4.78 is 65.3. The molecule has 30 heavy (non-hydrogen) atoms. The number of nitrogens with zero attached hydrogens (tertiary/aromatic N) is 2. The van der Waals surface area contributed by atoms with Crippen molar-refractivity contribution in [1.82, 2.24) is 9.29 Å². The predicted molar refractivity (Wildman–Crippen MR) is 108 cm³/mol. The number of hydrogen-bond acceptors (Lipinski definition) is 5. The van der Waals surface area contributed by atoms with Gasteiger partial charge >= 0.3 is 6.18 Å². The van der Waals surface area contributed by atoms with Gasteiger partial charge in [-0.3, -0.25) is 4.79 Å². The number of pyridine rings is 1. The lowest BCUT2D eigenvalue weighted by atomic mass is 9.97. The molecule has 1 aromatic carbocycles. The lowest BCUT2D eigenvalue weighted by Gasteiger charge is -2.30. The zero-order chi connectivity index (χ0) is 21.9. The van der Waals surface area contributed by atoms with Crippen LogP contribution < -0.4 is 5.32 Å². The normalized spacial score (nSPS) is 16.4. The van der Waals surface area contributed by atoms with E-state index in [-0.39, 0.29) is 31.8 Å².